The first-order valence-corrected chi connectivity index (χ1v) is 30.4. The highest BCUT2D eigenvalue weighted by molar-refractivity contribution is 8.22. The van der Waals surface area contributed by atoms with E-state index in [0.29, 0.717) is 117 Å². The fourth-order valence-corrected chi connectivity index (χ4v) is 10.2. The van der Waals surface area contributed by atoms with Gasteiger partial charge in [0.05, 0.1) is 47.4 Å². The van der Waals surface area contributed by atoms with Crippen molar-refractivity contribution in [3.05, 3.63) is 119 Å². The number of piperazine rings is 2. The van der Waals surface area contributed by atoms with Crippen LogP contribution in [0.25, 0.3) is 0 Å². The quantitative estimate of drug-likeness (QED) is 0.0595. The van der Waals surface area contributed by atoms with Crippen molar-refractivity contribution >= 4 is 116 Å². The van der Waals surface area contributed by atoms with E-state index in [1.54, 1.807) is 45.8 Å². The van der Waals surface area contributed by atoms with E-state index in [9.17, 15) is 33.2 Å². The summed E-state index contributed by atoms with van der Waals surface area (Å²) in [5.41, 5.74) is 10.7. The van der Waals surface area contributed by atoms with Gasteiger partial charge in [-0.05, 0) is 94.8 Å². The molecule has 0 radical (unpaired) electrons. The Morgan fingerprint density at radius 1 is 0.612 bits per heavy atom. The normalized spacial score (nSPS) is 16.7. The van der Waals surface area contributed by atoms with Crippen molar-refractivity contribution in [3.8, 4) is 0 Å². The van der Waals surface area contributed by atoms with E-state index in [1.165, 1.54) is 21.9 Å². The number of amides is 4. The molecule has 0 aliphatic carbocycles. The molecule has 4 aliphatic rings. The summed E-state index contributed by atoms with van der Waals surface area (Å²) in [6.07, 6.45) is 2.53. The number of benzene rings is 4. The van der Waals surface area contributed by atoms with Crippen molar-refractivity contribution in [3.63, 3.8) is 0 Å². The highest BCUT2D eigenvalue weighted by Gasteiger charge is 2.35. The van der Waals surface area contributed by atoms with Crippen LogP contribution in [0.2, 0.25) is 0 Å². The maximum Gasteiger partial charge on any atom is 0.414 e. The van der Waals surface area contributed by atoms with Crippen LogP contribution in [0, 0.1) is 11.6 Å². The average molecular weight is 1250 g/mol. The van der Waals surface area contributed by atoms with Gasteiger partial charge < -0.3 is 49.9 Å². The van der Waals surface area contributed by atoms with Crippen LogP contribution >= 0.6 is 48.6 Å². The highest BCUT2D eigenvalue weighted by Crippen LogP contribution is 2.31. The molecule has 4 fully saturated rings. The Hall–Kier alpha value is -6.34. The first-order chi connectivity index (χ1) is 40.2. The summed E-state index contributed by atoms with van der Waals surface area (Å²) < 4.78 is 41.7. The maximum atomic E-state index is 15.2. The van der Waals surface area contributed by atoms with Crippen LogP contribution in [0.3, 0.4) is 0 Å². The number of nitrogens with zero attached hydrogens (tertiary/aromatic N) is 8. The fraction of sp³-hybridized carbons (Fsp3) is 0.475. The lowest BCUT2D eigenvalue weighted by Crippen LogP contribution is -2.49. The number of hydrogen-bond acceptors (Lipinski definition) is 16. The summed E-state index contributed by atoms with van der Waals surface area (Å²) in [4.78, 5) is 89.9. The monoisotopic (exact) mass is 1250 g/mol. The van der Waals surface area contributed by atoms with Gasteiger partial charge in [-0.2, -0.15) is 0 Å². The maximum absolute atomic E-state index is 15.2. The van der Waals surface area contributed by atoms with E-state index < -0.39 is 29.9 Å². The molecule has 4 aromatic rings. The molecular weight excluding hydrogens is 1170 g/mol. The highest BCUT2D eigenvalue weighted by atomic mass is 35.5. The molecule has 4 aromatic carbocycles. The second-order valence-electron chi connectivity index (χ2n) is 21.3. The number of cyclic esters (lactones) is 2. The molecule has 85 heavy (non-hydrogen) atoms. The number of halogens is 3. The molecule has 0 spiro atoms. The van der Waals surface area contributed by atoms with Gasteiger partial charge in [-0.25, -0.2) is 18.4 Å². The van der Waals surface area contributed by atoms with Crippen molar-refractivity contribution in [2.75, 3.05) is 133 Å². The van der Waals surface area contributed by atoms with Crippen LogP contribution in [0.4, 0.5) is 41.1 Å². The van der Waals surface area contributed by atoms with E-state index in [0.717, 1.165) is 34.8 Å². The first-order valence-electron chi connectivity index (χ1n) is 28.4. The zero-order chi connectivity index (χ0) is 61.0. The van der Waals surface area contributed by atoms with Gasteiger partial charge in [0.2, 0.25) is 11.8 Å². The number of thiocarbonyl (C=S) groups is 2. The third kappa shape index (κ3) is 20.7. The number of nitrogens with one attached hydrogen (secondary N) is 1. The minimum absolute atomic E-state index is 0. The molecule has 2 atom stereocenters. The first kappa shape index (κ1) is 69.4. The van der Waals surface area contributed by atoms with Crippen LogP contribution in [0.5, 0.6) is 0 Å². The number of carbonyl (C=O) groups is 6. The van der Waals surface area contributed by atoms with Gasteiger partial charge in [0.15, 0.2) is 11.6 Å². The lowest BCUT2D eigenvalue weighted by molar-refractivity contribution is -0.132. The van der Waals surface area contributed by atoms with Gasteiger partial charge >= 0.3 is 12.2 Å². The van der Waals surface area contributed by atoms with Crippen LogP contribution in [0.1, 0.15) is 84.2 Å². The standard InChI is InChI=1S/C30H38FN5O4S.C27H34FN5O4.C4H8S2.ClH/c1-4-28(41)32-18-24-20-36(30(39)40-24)23-9-10-26(25(31)17-23)34-13-15-35(16-14-34)29(38)12-11-27(37)22-7-5-21(6-8-22)19-33(2)3;1-30(2)17-19-3-5-20(6-4-19)25(34)9-10-26(35)32-13-11-31(12-14-32)24-8-7-21(15-23(24)28)33-18-22(16-29)37-27(33)36;1-3-4(5)6-2;/h5-10,17,24H,4,11-16,18-20H2,1-3H3,(H,32,41);3-8,15,22H,9-14,16-18,29H2,1-2H3;3H2,1-2H3;1H/t24-;22-;;/m00../s1. The molecule has 4 aliphatic heterocycles. The predicted molar refractivity (Wildman–Crippen MR) is 344 cm³/mol. The third-order valence-corrected chi connectivity index (χ3v) is 16.5. The van der Waals surface area contributed by atoms with Crippen LogP contribution in [0.15, 0.2) is 84.9 Å². The Labute approximate surface area is 520 Å². The number of rotatable bonds is 21. The molecule has 0 unspecified atom stereocenters. The topological polar surface area (TPSA) is 185 Å². The summed E-state index contributed by atoms with van der Waals surface area (Å²) in [7, 11) is 7.96. The summed E-state index contributed by atoms with van der Waals surface area (Å²) in [5.74, 6) is -1.13. The second-order valence-corrected chi connectivity index (χ2v) is 23.4. The molecular formula is C61H81ClF2N10O8S3. The van der Waals surface area contributed by atoms with Gasteiger partial charge in [-0.15, -0.1) is 24.2 Å². The van der Waals surface area contributed by atoms with Gasteiger partial charge in [0, 0.05) is 113 Å². The van der Waals surface area contributed by atoms with Crippen LogP contribution in [-0.2, 0) is 32.2 Å². The number of nitrogens with two attached hydrogens (primary N) is 1. The minimum atomic E-state index is -0.533. The Balaban J connectivity index is 0.000000281. The van der Waals surface area contributed by atoms with Gasteiger partial charge in [0.1, 0.15) is 23.8 Å². The molecule has 0 saturated carbocycles. The fourth-order valence-electron chi connectivity index (χ4n) is 9.79. The summed E-state index contributed by atoms with van der Waals surface area (Å²) in [6.45, 7) is 10.5. The van der Waals surface area contributed by atoms with Crippen LogP contribution in [-0.4, -0.2) is 190 Å². The predicted octanol–water partition coefficient (Wildman–Crippen LogP) is 8.84. The Morgan fingerprint density at radius 3 is 1.34 bits per heavy atom. The minimum Gasteiger partial charge on any atom is -0.443 e. The van der Waals surface area contributed by atoms with Crippen molar-refractivity contribution in [1.29, 1.82) is 0 Å². The van der Waals surface area contributed by atoms with E-state index >= 15 is 4.39 Å². The molecule has 4 amide bonds. The number of carbonyl (C=O) groups excluding carboxylic acids is 6. The number of ketones is 2. The molecule has 0 aromatic heterocycles. The van der Waals surface area contributed by atoms with E-state index in [1.807, 2.05) is 99.7 Å². The van der Waals surface area contributed by atoms with Crippen molar-refractivity contribution < 1.29 is 47.0 Å². The summed E-state index contributed by atoms with van der Waals surface area (Å²) >= 11 is 11.6. The molecule has 0 bridgehead atoms. The Kier molecular flexibility index (Phi) is 27.9. The molecule has 24 heteroatoms. The molecule has 462 valence electrons. The second kappa shape index (κ2) is 34.1. The van der Waals surface area contributed by atoms with E-state index in [2.05, 4.69) is 22.0 Å². The zero-order valence-electron chi connectivity index (χ0n) is 49.7. The lowest BCUT2D eigenvalue weighted by atomic mass is 10.0. The van der Waals surface area contributed by atoms with Gasteiger partial charge in [-0.3, -0.25) is 29.0 Å². The Morgan fingerprint density at radius 2 is 1.01 bits per heavy atom. The molecule has 18 nitrogen and oxygen atoms in total. The van der Waals surface area contributed by atoms with E-state index in [4.69, 9.17) is 39.6 Å². The van der Waals surface area contributed by atoms with Crippen molar-refractivity contribution in [2.45, 2.75) is 77.7 Å². The third-order valence-electron chi connectivity index (χ3n) is 14.5. The summed E-state index contributed by atoms with van der Waals surface area (Å²) in [6, 6.07) is 24.4. The smallest absolute Gasteiger partial charge is 0.414 e. The van der Waals surface area contributed by atoms with Gasteiger partial charge in [0.25, 0.3) is 0 Å². The SMILES string of the molecule is CCC(=S)NC[C@H]1CN(c2ccc(N3CCN(C(=O)CCC(=O)c4ccc(CN(C)C)cc4)CC3)c(F)c2)C(=O)O1.CCC(=S)SC.CN(C)Cc1ccc(C(=O)CCC(=O)N2CCN(c3ccc(N4C[C@H](CN)OC4=O)cc3F)CC2)cc1.Cl. The zero-order valence-corrected chi connectivity index (χ0v) is 53.0. The molecule has 3 N–H and O–H groups in total. The van der Waals surface area contributed by atoms with E-state index in [-0.39, 0.29) is 74.1 Å². The largest absolute Gasteiger partial charge is 0.443 e. The number of anilines is 4. The van der Waals surface area contributed by atoms with Crippen LogP contribution < -0.4 is 30.7 Å². The number of Topliss-reactive ketones (excluding diaryl/α,β-unsaturated/α-hetero) is 2. The molecule has 8 rings (SSSR count). The average Bonchev–Trinajstić information content (AvgIpc) is 4.30. The lowest BCUT2D eigenvalue weighted by Gasteiger charge is -2.36. The number of thioether (sulfide) groups is 1. The molecule has 4 saturated heterocycles. The number of ether oxygens (including phenoxy) is 2. The van der Waals surface area contributed by atoms with Crippen molar-refractivity contribution in [1.82, 2.24) is 24.9 Å². The van der Waals surface area contributed by atoms with Gasteiger partial charge in [-0.1, -0.05) is 86.8 Å². The Bertz CT molecular complexity index is 2930. The van der Waals surface area contributed by atoms with Crippen molar-refractivity contribution in [2.24, 2.45) is 5.73 Å². The molecule has 4 heterocycles. The summed E-state index contributed by atoms with van der Waals surface area (Å²) in [5, 5.41) is 3.07. The number of hydrogen-bond donors (Lipinski definition) is 2.